The number of nitrogens with one attached hydrogen (secondary N) is 1. The topological polar surface area (TPSA) is 34.4 Å². The number of hydrogen-bond acceptors (Lipinski definition) is 3. The van der Waals surface area contributed by atoms with Gasteiger partial charge >= 0.3 is 0 Å². The second-order valence-corrected chi connectivity index (χ2v) is 5.26. The molecule has 1 fully saturated rings. The Labute approximate surface area is 104 Å². The summed E-state index contributed by atoms with van der Waals surface area (Å²) in [7, 11) is 0. The molecule has 0 aliphatic heterocycles. The van der Waals surface area contributed by atoms with Crippen LogP contribution in [0, 0.1) is 5.92 Å². The van der Waals surface area contributed by atoms with E-state index in [1.807, 2.05) is 12.1 Å². The van der Waals surface area contributed by atoms with Gasteiger partial charge in [-0.1, -0.05) is 13.8 Å². The second-order valence-electron chi connectivity index (χ2n) is 5.26. The maximum Gasteiger partial charge on any atom is 0.129 e. The highest BCUT2D eigenvalue weighted by Crippen LogP contribution is 2.23. The van der Waals surface area contributed by atoms with Crippen LogP contribution in [0.1, 0.15) is 44.6 Å². The highest BCUT2D eigenvalue weighted by Gasteiger charge is 2.18. The Kier molecular flexibility index (Phi) is 4.63. The lowest BCUT2D eigenvalue weighted by Gasteiger charge is -2.24. The van der Waals surface area contributed by atoms with Crippen LogP contribution in [0.25, 0.3) is 0 Å². The Morgan fingerprint density at radius 1 is 1.35 bits per heavy atom. The van der Waals surface area contributed by atoms with Gasteiger partial charge in [0, 0.05) is 0 Å². The zero-order valence-corrected chi connectivity index (χ0v) is 10.9. The predicted octanol–water partition coefficient (Wildman–Crippen LogP) is 3.09. The molecule has 0 aromatic carbocycles. The molecule has 1 heterocycles. The molecule has 0 spiro atoms. The van der Waals surface area contributed by atoms with E-state index in [0.717, 1.165) is 24.6 Å². The molecule has 96 valence electrons. The van der Waals surface area contributed by atoms with E-state index in [9.17, 15) is 0 Å². The molecule has 1 saturated carbocycles. The highest BCUT2D eigenvalue weighted by molar-refractivity contribution is 5.06. The van der Waals surface area contributed by atoms with Crippen LogP contribution < -0.4 is 5.32 Å². The third-order valence-corrected chi connectivity index (χ3v) is 3.08. The van der Waals surface area contributed by atoms with Crippen LogP contribution >= 0.6 is 0 Å². The van der Waals surface area contributed by atoms with Crippen LogP contribution in [-0.2, 0) is 17.9 Å². The van der Waals surface area contributed by atoms with Gasteiger partial charge < -0.3 is 14.5 Å². The smallest absolute Gasteiger partial charge is 0.129 e. The molecule has 0 saturated heterocycles. The average molecular weight is 237 g/mol. The first-order valence-electron chi connectivity index (χ1n) is 6.64. The first-order valence-corrected chi connectivity index (χ1v) is 6.64. The van der Waals surface area contributed by atoms with Crippen molar-refractivity contribution in [2.75, 3.05) is 6.54 Å². The molecule has 17 heavy (non-hydrogen) atoms. The van der Waals surface area contributed by atoms with Gasteiger partial charge in [0.2, 0.25) is 0 Å². The summed E-state index contributed by atoms with van der Waals surface area (Å²) in [5, 5.41) is 3.37. The van der Waals surface area contributed by atoms with Gasteiger partial charge in [-0.2, -0.15) is 0 Å². The lowest BCUT2D eigenvalue weighted by Crippen LogP contribution is -2.21. The molecule has 1 aliphatic rings. The van der Waals surface area contributed by atoms with Crippen LogP contribution in [-0.4, -0.2) is 12.6 Å². The normalized spacial score (nSPS) is 16.4. The third kappa shape index (κ3) is 4.17. The van der Waals surface area contributed by atoms with E-state index in [1.54, 1.807) is 0 Å². The van der Waals surface area contributed by atoms with Gasteiger partial charge in [-0.3, -0.25) is 0 Å². The van der Waals surface area contributed by atoms with E-state index >= 15 is 0 Å². The summed E-state index contributed by atoms with van der Waals surface area (Å²) < 4.78 is 11.4. The Morgan fingerprint density at radius 3 is 2.76 bits per heavy atom. The molecule has 0 unspecified atom stereocenters. The van der Waals surface area contributed by atoms with E-state index in [1.165, 1.54) is 19.3 Å². The second kappa shape index (κ2) is 6.22. The summed E-state index contributed by atoms with van der Waals surface area (Å²) in [6.07, 6.45) is 4.21. The summed E-state index contributed by atoms with van der Waals surface area (Å²) in [6, 6.07) is 4.05. The molecule has 1 aromatic rings. The Balaban J connectivity index is 1.67. The molecular formula is C14H23NO2. The maximum atomic E-state index is 5.71. The van der Waals surface area contributed by atoms with Gasteiger partial charge in [-0.15, -0.1) is 0 Å². The van der Waals surface area contributed by atoms with Crippen LogP contribution in [0.15, 0.2) is 16.5 Å². The first-order chi connectivity index (χ1) is 8.24. The fraction of sp³-hybridized carbons (Fsp3) is 0.714. The van der Waals surface area contributed by atoms with Crippen molar-refractivity contribution in [2.45, 2.75) is 52.4 Å². The van der Waals surface area contributed by atoms with Crippen molar-refractivity contribution in [3.8, 4) is 0 Å². The van der Waals surface area contributed by atoms with Crippen LogP contribution in [0.4, 0.5) is 0 Å². The Hall–Kier alpha value is -0.800. The average Bonchev–Trinajstić information content (AvgIpc) is 2.63. The molecule has 1 aliphatic carbocycles. The van der Waals surface area contributed by atoms with Crippen LogP contribution in [0.5, 0.6) is 0 Å². The SMILES string of the molecule is CC(C)CNCc1ccc(COC2CCC2)o1. The molecule has 1 N–H and O–H groups in total. The summed E-state index contributed by atoms with van der Waals surface area (Å²) in [5.41, 5.74) is 0. The van der Waals surface area contributed by atoms with Crippen molar-refractivity contribution < 1.29 is 9.15 Å². The van der Waals surface area contributed by atoms with Crippen LogP contribution in [0.3, 0.4) is 0 Å². The minimum Gasteiger partial charge on any atom is -0.462 e. The number of ether oxygens (including phenoxy) is 1. The van der Waals surface area contributed by atoms with Gasteiger partial charge in [-0.25, -0.2) is 0 Å². The molecule has 3 nitrogen and oxygen atoms in total. The van der Waals surface area contributed by atoms with E-state index in [0.29, 0.717) is 18.6 Å². The van der Waals surface area contributed by atoms with Gasteiger partial charge in [0.15, 0.2) is 0 Å². The minimum atomic E-state index is 0.475. The zero-order chi connectivity index (χ0) is 12.1. The first kappa shape index (κ1) is 12.7. The molecule has 2 rings (SSSR count). The highest BCUT2D eigenvalue weighted by atomic mass is 16.5. The summed E-state index contributed by atoms with van der Waals surface area (Å²) in [4.78, 5) is 0. The fourth-order valence-corrected chi connectivity index (χ4v) is 1.82. The van der Waals surface area contributed by atoms with Crippen molar-refractivity contribution in [1.82, 2.24) is 5.32 Å². The molecule has 0 radical (unpaired) electrons. The maximum absolute atomic E-state index is 5.71. The molecule has 0 bridgehead atoms. The number of furan rings is 1. The molecule has 3 heteroatoms. The zero-order valence-electron chi connectivity index (χ0n) is 10.9. The Morgan fingerprint density at radius 2 is 2.12 bits per heavy atom. The molecular weight excluding hydrogens is 214 g/mol. The third-order valence-electron chi connectivity index (χ3n) is 3.08. The Bertz CT molecular complexity index is 329. The van der Waals surface area contributed by atoms with Crippen molar-refractivity contribution in [3.63, 3.8) is 0 Å². The van der Waals surface area contributed by atoms with Gasteiger partial charge in [0.1, 0.15) is 18.1 Å². The van der Waals surface area contributed by atoms with Gasteiger partial charge in [0.05, 0.1) is 12.6 Å². The number of hydrogen-bond donors (Lipinski definition) is 1. The summed E-state index contributed by atoms with van der Waals surface area (Å²) in [6.45, 7) is 6.85. The van der Waals surface area contributed by atoms with Crippen molar-refractivity contribution in [2.24, 2.45) is 5.92 Å². The van der Waals surface area contributed by atoms with Gasteiger partial charge in [-0.05, 0) is 43.9 Å². The van der Waals surface area contributed by atoms with Crippen molar-refractivity contribution in [1.29, 1.82) is 0 Å². The molecule has 0 atom stereocenters. The van der Waals surface area contributed by atoms with E-state index < -0.39 is 0 Å². The van der Waals surface area contributed by atoms with Gasteiger partial charge in [0.25, 0.3) is 0 Å². The summed E-state index contributed by atoms with van der Waals surface area (Å²) >= 11 is 0. The standard InChI is InChI=1S/C14H23NO2/c1-11(2)8-15-9-13-6-7-14(17-13)10-16-12-4-3-5-12/h6-7,11-12,15H,3-5,8-10H2,1-2H3. The molecule has 1 aromatic heterocycles. The quantitative estimate of drug-likeness (QED) is 0.791. The van der Waals surface area contributed by atoms with Crippen molar-refractivity contribution >= 4 is 0 Å². The minimum absolute atomic E-state index is 0.475. The van der Waals surface area contributed by atoms with Crippen molar-refractivity contribution in [3.05, 3.63) is 23.7 Å². The fourth-order valence-electron chi connectivity index (χ4n) is 1.82. The number of rotatable bonds is 7. The van der Waals surface area contributed by atoms with E-state index in [4.69, 9.17) is 9.15 Å². The van der Waals surface area contributed by atoms with E-state index in [-0.39, 0.29) is 0 Å². The van der Waals surface area contributed by atoms with Crippen LogP contribution in [0.2, 0.25) is 0 Å². The largest absolute Gasteiger partial charge is 0.462 e. The predicted molar refractivity (Wildman–Crippen MR) is 67.7 cm³/mol. The van der Waals surface area contributed by atoms with E-state index in [2.05, 4.69) is 19.2 Å². The lowest BCUT2D eigenvalue weighted by atomic mass is 9.96. The molecule has 0 amide bonds. The summed E-state index contributed by atoms with van der Waals surface area (Å²) in [5.74, 6) is 2.61. The monoisotopic (exact) mass is 237 g/mol. The lowest BCUT2D eigenvalue weighted by molar-refractivity contribution is -0.0160.